The SMILES string of the molecule is c1cnc(C2C(n3c4ccccc4c4ccccc43)CCCC2n2c3ccccc3c3ccccc32)nc1. The molecule has 1 aliphatic rings. The molecule has 1 fully saturated rings. The highest BCUT2D eigenvalue weighted by Crippen LogP contribution is 2.51. The van der Waals surface area contributed by atoms with Crippen molar-refractivity contribution >= 4 is 43.6 Å². The number of para-hydroxylation sites is 4. The molecule has 1 saturated carbocycles. The van der Waals surface area contributed by atoms with Crippen LogP contribution in [0.2, 0.25) is 0 Å². The summed E-state index contributed by atoms with van der Waals surface area (Å²) >= 11 is 0. The van der Waals surface area contributed by atoms with Crippen LogP contribution in [0.25, 0.3) is 43.6 Å². The Hall–Kier alpha value is -4.44. The van der Waals surface area contributed by atoms with Gasteiger partial charge in [0.1, 0.15) is 5.82 Å². The van der Waals surface area contributed by atoms with Crippen LogP contribution in [0, 0.1) is 0 Å². The van der Waals surface area contributed by atoms with Crippen LogP contribution in [0.15, 0.2) is 116 Å². The molecule has 8 rings (SSSR count). The van der Waals surface area contributed by atoms with Crippen LogP contribution in [-0.2, 0) is 0 Å². The Morgan fingerprint density at radius 2 is 0.842 bits per heavy atom. The van der Waals surface area contributed by atoms with Crippen molar-refractivity contribution in [1.29, 1.82) is 0 Å². The standard InChI is InChI=1S/C34H28N4/c1-5-15-27-23(11-1)24-12-2-6-16-28(24)37(27)31-19-9-20-32(33(31)34-35-21-10-22-36-34)38-29-17-7-3-13-25(29)26-14-4-8-18-30(26)38/h1-8,10-18,21-22,31-33H,9,19-20H2. The Morgan fingerprint density at radius 3 is 1.24 bits per heavy atom. The fraction of sp³-hybridized carbons (Fsp3) is 0.176. The lowest BCUT2D eigenvalue weighted by atomic mass is 9.79. The van der Waals surface area contributed by atoms with Gasteiger partial charge in [-0.1, -0.05) is 72.8 Å². The predicted octanol–water partition coefficient (Wildman–Crippen LogP) is 8.44. The van der Waals surface area contributed by atoms with E-state index in [2.05, 4.69) is 106 Å². The van der Waals surface area contributed by atoms with Gasteiger partial charge in [0.15, 0.2) is 0 Å². The van der Waals surface area contributed by atoms with Crippen molar-refractivity contribution in [3.05, 3.63) is 121 Å². The molecular formula is C34H28N4. The summed E-state index contributed by atoms with van der Waals surface area (Å²) in [5.74, 6) is 1.06. The first-order chi connectivity index (χ1) is 18.9. The molecular weight excluding hydrogens is 464 g/mol. The highest BCUT2D eigenvalue weighted by atomic mass is 15.1. The first-order valence-corrected chi connectivity index (χ1v) is 13.6. The fourth-order valence-electron chi connectivity index (χ4n) is 7.18. The van der Waals surface area contributed by atoms with E-state index < -0.39 is 0 Å². The van der Waals surface area contributed by atoms with E-state index in [1.165, 1.54) is 43.6 Å². The number of fused-ring (bicyclic) bond motifs is 6. The number of nitrogens with zero attached hydrogens (tertiary/aromatic N) is 4. The smallest absolute Gasteiger partial charge is 0.135 e. The highest BCUT2D eigenvalue weighted by molar-refractivity contribution is 6.09. The minimum absolute atomic E-state index is 0.128. The summed E-state index contributed by atoms with van der Waals surface area (Å²) in [4.78, 5) is 9.81. The van der Waals surface area contributed by atoms with Crippen molar-refractivity contribution in [3.8, 4) is 0 Å². The maximum atomic E-state index is 4.91. The summed E-state index contributed by atoms with van der Waals surface area (Å²) in [6.45, 7) is 0. The quantitative estimate of drug-likeness (QED) is 0.248. The van der Waals surface area contributed by atoms with Gasteiger partial charge < -0.3 is 9.13 Å². The van der Waals surface area contributed by atoms with E-state index in [4.69, 9.17) is 9.97 Å². The van der Waals surface area contributed by atoms with Crippen LogP contribution in [-0.4, -0.2) is 19.1 Å². The zero-order valence-corrected chi connectivity index (χ0v) is 21.1. The fourth-order valence-corrected chi connectivity index (χ4v) is 7.18. The Kier molecular flexibility index (Phi) is 4.87. The lowest BCUT2D eigenvalue weighted by molar-refractivity contribution is 0.228. The largest absolute Gasteiger partial charge is 0.337 e. The van der Waals surface area contributed by atoms with E-state index in [1.807, 2.05) is 18.5 Å². The Labute approximate surface area is 221 Å². The first-order valence-electron chi connectivity index (χ1n) is 13.6. The highest BCUT2D eigenvalue weighted by Gasteiger charge is 2.40. The summed E-state index contributed by atoms with van der Waals surface area (Å²) < 4.78 is 5.21. The molecule has 4 nitrogen and oxygen atoms in total. The summed E-state index contributed by atoms with van der Waals surface area (Å²) in [5.41, 5.74) is 5.18. The molecule has 0 radical (unpaired) electrons. The van der Waals surface area contributed by atoms with Gasteiger partial charge in [-0.3, -0.25) is 0 Å². The Bertz CT molecular complexity index is 1700. The third-order valence-corrected chi connectivity index (χ3v) is 8.61. The minimum atomic E-state index is 0.128. The zero-order valence-electron chi connectivity index (χ0n) is 21.1. The molecule has 3 aromatic heterocycles. The second kappa shape index (κ2) is 8.56. The second-order valence-electron chi connectivity index (χ2n) is 10.5. The molecule has 3 heterocycles. The van der Waals surface area contributed by atoms with Crippen molar-refractivity contribution in [2.24, 2.45) is 0 Å². The lowest BCUT2D eigenvalue weighted by Gasteiger charge is -2.40. The molecule has 2 atom stereocenters. The summed E-state index contributed by atoms with van der Waals surface area (Å²) in [6, 6.07) is 37.8. The van der Waals surface area contributed by atoms with Crippen molar-refractivity contribution < 1.29 is 0 Å². The minimum Gasteiger partial charge on any atom is -0.337 e. The number of hydrogen-bond donors (Lipinski definition) is 0. The van der Waals surface area contributed by atoms with Crippen LogP contribution < -0.4 is 0 Å². The number of rotatable bonds is 3. The molecule has 0 bridgehead atoms. The van der Waals surface area contributed by atoms with Crippen molar-refractivity contribution in [3.63, 3.8) is 0 Å². The van der Waals surface area contributed by atoms with E-state index in [0.717, 1.165) is 25.1 Å². The molecule has 184 valence electrons. The Morgan fingerprint density at radius 1 is 0.474 bits per heavy atom. The monoisotopic (exact) mass is 492 g/mol. The maximum absolute atomic E-state index is 4.91. The average molecular weight is 493 g/mol. The van der Waals surface area contributed by atoms with Crippen molar-refractivity contribution in [2.75, 3.05) is 0 Å². The molecule has 0 amide bonds. The van der Waals surface area contributed by atoms with Crippen molar-refractivity contribution in [1.82, 2.24) is 19.1 Å². The Balaban J connectivity index is 1.42. The number of aromatic nitrogens is 4. The van der Waals surface area contributed by atoms with E-state index in [9.17, 15) is 0 Å². The van der Waals surface area contributed by atoms with Gasteiger partial charge in [0, 0.05) is 68.1 Å². The first kappa shape index (κ1) is 21.6. The van der Waals surface area contributed by atoms with E-state index >= 15 is 0 Å². The third-order valence-electron chi connectivity index (χ3n) is 8.61. The molecule has 0 aliphatic heterocycles. The lowest BCUT2D eigenvalue weighted by Crippen LogP contribution is -2.32. The molecule has 2 unspecified atom stereocenters. The molecule has 0 saturated heterocycles. The topological polar surface area (TPSA) is 35.6 Å². The second-order valence-corrected chi connectivity index (χ2v) is 10.5. The zero-order chi connectivity index (χ0) is 25.1. The normalized spacial score (nSPS) is 20.1. The van der Waals surface area contributed by atoms with Crippen LogP contribution >= 0.6 is 0 Å². The van der Waals surface area contributed by atoms with E-state index in [0.29, 0.717) is 0 Å². The van der Waals surface area contributed by atoms with Crippen molar-refractivity contribution in [2.45, 2.75) is 37.3 Å². The molecule has 0 spiro atoms. The van der Waals surface area contributed by atoms with Gasteiger partial charge in [-0.15, -0.1) is 0 Å². The molecule has 1 aliphatic carbocycles. The molecule has 7 aromatic rings. The predicted molar refractivity (Wildman–Crippen MR) is 156 cm³/mol. The van der Waals surface area contributed by atoms with Crippen LogP contribution in [0.5, 0.6) is 0 Å². The maximum Gasteiger partial charge on any atom is 0.135 e. The molecule has 38 heavy (non-hydrogen) atoms. The summed E-state index contributed by atoms with van der Waals surface area (Å²) in [6.07, 6.45) is 7.16. The van der Waals surface area contributed by atoms with Crippen LogP contribution in [0.3, 0.4) is 0 Å². The van der Waals surface area contributed by atoms with Gasteiger partial charge >= 0.3 is 0 Å². The number of hydrogen-bond acceptors (Lipinski definition) is 2. The third kappa shape index (κ3) is 3.10. The summed E-state index contributed by atoms with van der Waals surface area (Å²) in [5, 5.41) is 5.26. The van der Waals surface area contributed by atoms with Gasteiger partial charge in [0.2, 0.25) is 0 Å². The van der Waals surface area contributed by atoms with E-state index in [1.54, 1.807) is 0 Å². The van der Waals surface area contributed by atoms with E-state index in [-0.39, 0.29) is 18.0 Å². The average Bonchev–Trinajstić information content (AvgIpc) is 3.50. The molecule has 4 aromatic carbocycles. The van der Waals surface area contributed by atoms with Gasteiger partial charge in [0.05, 0.1) is 5.92 Å². The van der Waals surface area contributed by atoms with Gasteiger partial charge in [-0.2, -0.15) is 0 Å². The van der Waals surface area contributed by atoms with Crippen LogP contribution in [0.4, 0.5) is 0 Å². The summed E-state index contributed by atoms with van der Waals surface area (Å²) in [7, 11) is 0. The molecule has 4 heteroatoms. The number of benzene rings is 4. The molecule has 0 N–H and O–H groups in total. The van der Waals surface area contributed by atoms with Gasteiger partial charge in [-0.25, -0.2) is 9.97 Å². The van der Waals surface area contributed by atoms with Crippen LogP contribution in [0.1, 0.15) is 43.1 Å². The van der Waals surface area contributed by atoms with Gasteiger partial charge in [-0.05, 0) is 49.6 Å². The van der Waals surface area contributed by atoms with Gasteiger partial charge in [0.25, 0.3) is 0 Å².